The van der Waals surface area contributed by atoms with E-state index in [1.54, 1.807) is 41.3 Å². The molecule has 2 aromatic carbocycles. The lowest BCUT2D eigenvalue weighted by Gasteiger charge is -2.31. The van der Waals surface area contributed by atoms with E-state index in [4.69, 9.17) is 18.9 Å². The van der Waals surface area contributed by atoms with Gasteiger partial charge in [0.05, 0.1) is 24.8 Å². The minimum Gasteiger partial charge on any atom is -0.507 e. The van der Waals surface area contributed by atoms with Crippen LogP contribution >= 0.6 is 0 Å². The molecule has 2 fully saturated rings. The summed E-state index contributed by atoms with van der Waals surface area (Å²) in [5, 5.41) is 11.4. The highest BCUT2D eigenvalue weighted by Crippen LogP contribution is 2.41. The maximum Gasteiger partial charge on any atom is 0.295 e. The van der Waals surface area contributed by atoms with Crippen molar-refractivity contribution in [2.45, 2.75) is 6.04 Å². The van der Waals surface area contributed by atoms with Crippen LogP contribution in [0.3, 0.4) is 0 Å². The number of carbonyl (C=O) groups is 2. The van der Waals surface area contributed by atoms with Gasteiger partial charge < -0.3 is 29.0 Å². The molecule has 2 aromatic rings. The fourth-order valence-electron chi connectivity index (χ4n) is 4.78. The Labute approximate surface area is 215 Å². The Bertz CT molecular complexity index is 1200. The van der Waals surface area contributed by atoms with Gasteiger partial charge in [-0.1, -0.05) is 24.8 Å². The summed E-state index contributed by atoms with van der Waals surface area (Å²) in [5.74, 6) is 0.0927. The number of likely N-dealkylation sites (tertiary alicyclic amines) is 1. The molecule has 0 saturated carbocycles. The van der Waals surface area contributed by atoms with E-state index in [0.717, 1.165) is 13.1 Å². The molecule has 3 aliphatic rings. The average molecular weight is 507 g/mol. The summed E-state index contributed by atoms with van der Waals surface area (Å²) < 4.78 is 22.2. The summed E-state index contributed by atoms with van der Waals surface area (Å²) in [6.45, 7) is 8.59. The van der Waals surface area contributed by atoms with Gasteiger partial charge in [-0.05, 0) is 35.9 Å². The molecule has 2 saturated heterocycles. The minimum absolute atomic E-state index is 0.0448. The summed E-state index contributed by atoms with van der Waals surface area (Å²) in [5.41, 5.74) is 1.13. The smallest absolute Gasteiger partial charge is 0.295 e. The molecule has 1 amide bonds. The van der Waals surface area contributed by atoms with E-state index >= 15 is 0 Å². The second kappa shape index (κ2) is 11.1. The largest absolute Gasteiger partial charge is 0.507 e. The van der Waals surface area contributed by atoms with Crippen LogP contribution in [0, 0.1) is 0 Å². The van der Waals surface area contributed by atoms with Gasteiger partial charge in [0.2, 0.25) is 0 Å². The van der Waals surface area contributed by atoms with E-state index in [2.05, 4.69) is 11.5 Å². The molecule has 5 rings (SSSR count). The molecule has 0 spiro atoms. The number of amides is 1. The standard InChI is InChI=1S/C28H30N2O7/c1-2-13-35-21-6-3-19(4-7-21)25-24(26(31)20-5-8-22-23(18-20)37-17-16-36-22)27(32)28(33)30(25)10-9-29-11-14-34-15-12-29/h2-8,18,25,31H,1,9-17H2/b26-24+. The van der Waals surface area contributed by atoms with Crippen LogP contribution in [0.4, 0.5) is 0 Å². The second-order valence-corrected chi connectivity index (χ2v) is 8.97. The summed E-state index contributed by atoms with van der Waals surface area (Å²) in [4.78, 5) is 30.3. The van der Waals surface area contributed by atoms with E-state index in [1.165, 1.54) is 0 Å². The number of ketones is 1. The fourth-order valence-corrected chi connectivity index (χ4v) is 4.78. The number of hydrogen-bond donors (Lipinski definition) is 1. The summed E-state index contributed by atoms with van der Waals surface area (Å²) >= 11 is 0. The lowest BCUT2D eigenvalue weighted by molar-refractivity contribution is -0.140. The molecule has 0 aromatic heterocycles. The second-order valence-electron chi connectivity index (χ2n) is 8.97. The van der Waals surface area contributed by atoms with Crippen LogP contribution in [0.25, 0.3) is 5.76 Å². The van der Waals surface area contributed by atoms with E-state index in [9.17, 15) is 14.7 Å². The molecule has 1 unspecified atom stereocenters. The third kappa shape index (κ3) is 5.19. The van der Waals surface area contributed by atoms with Crippen molar-refractivity contribution in [1.29, 1.82) is 0 Å². The molecule has 194 valence electrons. The van der Waals surface area contributed by atoms with Crippen LogP contribution in [0.5, 0.6) is 17.2 Å². The number of benzene rings is 2. The third-order valence-corrected chi connectivity index (χ3v) is 6.68. The molecule has 1 atom stereocenters. The SMILES string of the molecule is C=CCOc1ccc(C2/C(=C(\O)c3ccc4c(c3)OCCO4)C(=O)C(=O)N2CCN2CCOCC2)cc1. The normalized spacial score (nSPS) is 21.2. The van der Waals surface area contributed by atoms with Crippen LogP contribution < -0.4 is 14.2 Å². The zero-order chi connectivity index (χ0) is 25.8. The van der Waals surface area contributed by atoms with Gasteiger partial charge in [0.15, 0.2) is 11.5 Å². The van der Waals surface area contributed by atoms with Crippen molar-refractivity contribution in [1.82, 2.24) is 9.80 Å². The van der Waals surface area contributed by atoms with Gasteiger partial charge in [-0.3, -0.25) is 14.5 Å². The highest BCUT2D eigenvalue weighted by atomic mass is 16.6. The van der Waals surface area contributed by atoms with Crippen molar-refractivity contribution < 1.29 is 33.6 Å². The summed E-state index contributed by atoms with van der Waals surface area (Å²) in [7, 11) is 0. The number of aliphatic hydroxyl groups excluding tert-OH is 1. The number of hydrogen-bond acceptors (Lipinski definition) is 8. The number of rotatable bonds is 8. The van der Waals surface area contributed by atoms with Crippen LogP contribution in [-0.4, -0.2) is 85.8 Å². The lowest BCUT2D eigenvalue weighted by Crippen LogP contribution is -2.42. The number of morpholine rings is 1. The minimum atomic E-state index is -0.748. The Morgan fingerprint density at radius 2 is 1.73 bits per heavy atom. The van der Waals surface area contributed by atoms with Crippen LogP contribution in [-0.2, 0) is 14.3 Å². The first-order valence-electron chi connectivity index (χ1n) is 12.4. The molecule has 0 radical (unpaired) electrons. The first-order chi connectivity index (χ1) is 18.1. The van der Waals surface area contributed by atoms with Gasteiger partial charge >= 0.3 is 0 Å². The van der Waals surface area contributed by atoms with Crippen molar-refractivity contribution in [2.24, 2.45) is 0 Å². The number of nitrogens with zero attached hydrogens (tertiary/aromatic N) is 2. The van der Waals surface area contributed by atoms with Gasteiger partial charge in [-0.2, -0.15) is 0 Å². The van der Waals surface area contributed by atoms with Crippen molar-refractivity contribution >= 4 is 17.4 Å². The molecule has 0 aliphatic carbocycles. The zero-order valence-corrected chi connectivity index (χ0v) is 20.6. The van der Waals surface area contributed by atoms with Gasteiger partial charge in [0.1, 0.15) is 31.3 Å². The quantitative estimate of drug-likeness (QED) is 0.253. The Balaban J connectivity index is 1.51. The molecule has 3 aliphatic heterocycles. The van der Waals surface area contributed by atoms with Crippen molar-refractivity contribution in [2.75, 3.05) is 59.2 Å². The molecule has 9 nitrogen and oxygen atoms in total. The molecular formula is C28H30N2O7. The predicted octanol–water partition coefficient (Wildman–Crippen LogP) is 2.78. The first kappa shape index (κ1) is 24.9. The number of fused-ring (bicyclic) bond motifs is 1. The molecular weight excluding hydrogens is 476 g/mol. The zero-order valence-electron chi connectivity index (χ0n) is 20.6. The van der Waals surface area contributed by atoms with Gasteiger partial charge in [-0.25, -0.2) is 0 Å². The molecule has 3 heterocycles. The number of ether oxygens (including phenoxy) is 4. The monoisotopic (exact) mass is 506 g/mol. The fraction of sp³-hybridized carbons (Fsp3) is 0.357. The molecule has 9 heteroatoms. The molecule has 1 N–H and O–H groups in total. The summed E-state index contributed by atoms with van der Waals surface area (Å²) in [6, 6.07) is 11.4. The van der Waals surface area contributed by atoms with E-state index in [0.29, 0.717) is 74.5 Å². The molecule has 0 bridgehead atoms. The summed E-state index contributed by atoms with van der Waals surface area (Å²) in [6.07, 6.45) is 1.65. The Hall–Kier alpha value is -3.82. The Morgan fingerprint density at radius 1 is 1.00 bits per heavy atom. The lowest BCUT2D eigenvalue weighted by atomic mass is 9.95. The average Bonchev–Trinajstić information content (AvgIpc) is 3.20. The van der Waals surface area contributed by atoms with E-state index in [1.807, 2.05) is 12.1 Å². The first-order valence-corrected chi connectivity index (χ1v) is 12.4. The van der Waals surface area contributed by atoms with Crippen LogP contribution in [0.1, 0.15) is 17.2 Å². The molecule has 37 heavy (non-hydrogen) atoms. The van der Waals surface area contributed by atoms with Crippen LogP contribution in [0.2, 0.25) is 0 Å². The predicted molar refractivity (Wildman–Crippen MR) is 136 cm³/mol. The highest BCUT2D eigenvalue weighted by molar-refractivity contribution is 6.46. The number of aliphatic hydroxyl groups is 1. The Morgan fingerprint density at radius 3 is 2.46 bits per heavy atom. The van der Waals surface area contributed by atoms with E-state index < -0.39 is 17.7 Å². The number of carbonyl (C=O) groups excluding carboxylic acids is 2. The van der Waals surface area contributed by atoms with Crippen molar-refractivity contribution in [3.05, 3.63) is 71.8 Å². The van der Waals surface area contributed by atoms with Gasteiger partial charge in [-0.15, -0.1) is 0 Å². The van der Waals surface area contributed by atoms with Crippen molar-refractivity contribution in [3.63, 3.8) is 0 Å². The topological polar surface area (TPSA) is 97.8 Å². The highest BCUT2D eigenvalue weighted by Gasteiger charge is 2.46. The number of Topliss-reactive ketones (excluding diaryl/α,β-unsaturated/α-hetero) is 1. The maximum atomic E-state index is 13.3. The van der Waals surface area contributed by atoms with Gasteiger partial charge in [0, 0.05) is 31.7 Å². The maximum absolute atomic E-state index is 13.3. The van der Waals surface area contributed by atoms with Gasteiger partial charge in [0.25, 0.3) is 11.7 Å². The van der Waals surface area contributed by atoms with Crippen LogP contribution in [0.15, 0.2) is 60.7 Å². The van der Waals surface area contributed by atoms with E-state index in [-0.39, 0.29) is 11.3 Å². The Kier molecular flexibility index (Phi) is 7.43. The third-order valence-electron chi connectivity index (χ3n) is 6.68. The van der Waals surface area contributed by atoms with Crippen molar-refractivity contribution in [3.8, 4) is 17.2 Å².